The Morgan fingerprint density at radius 2 is 1.97 bits per heavy atom. The van der Waals surface area contributed by atoms with E-state index in [1.165, 1.54) is 0 Å². The van der Waals surface area contributed by atoms with Crippen LogP contribution in [-0.2, 0) is 6.18 Å². The number of aliphatic hydroxyl groups excluding tert-OH is 1. The zero-order chi connectivity index (χ0) is 24.5. The fourth-order valence-electron chi connectivity index (χ4n) is 4.77. The van der Waals surface area contributed by atoms with Crippen LogP contribution >= 0.6 is 23.2 Å². The van der Waals surface area contributed by atoms with Crippen molar-refractivity contribution < 1.29 is 18.3 Å². The van der Waals surface area contributed by atoms with Crippen molar-refractivity contribution >= 4 is 35.0 Å². The first kappa shape index (κ1) is 25.3. The highest BCUT2D eigenvalue weighted by atomic mass is 35.5. The summed E-state index contributed by atoms with van der Waals surface area (Å²) in [6.45, 7) is 5.91. The van der Waals surface area contributed by atoms with E-state index < -0.39 is 17.8 Å². The summed E-state index contributed by atoms with van der Waals surface area (Å²) in [6, 6.07) is 4.35. The van der Waals surface area contributed by atoms with E-state index in [0.29, 0.717) is 47.1 Å². The largest absolute Gasteiger partial charge is 0.421 e. The average Bonchev–Trinajstić information content (AvgIpc) is 2.72. The Morgan fingerprint density at radius 1 is 1.21 bits per heavy atom. The molecule has 186 valence electrons. The number of aliphatic hydroxyl groups is 1. The molecule has 11 heteroatoms. The van der Waals surface area contributed by atoms with Crippen molar-refractivity contribution in [2.75, 3.05) is 49.5 Å². The van der Waals surface area contributed by atoms with Crippen molar-refractivity contribution in [3.8, 4) is 0 Å². The third kappa shape index (κ3) is 5.70. The molecule has 2 N–H and O–H groups in total. The van der Waals surface area contributed by atoms with Gasteiger partial charge in [0.15, 0.2) is 0 Å². The minimum Gasteiger partial charge on any atom is -0.395 e. The molecular weight excluding hydrogens is 490 g/mol. The lowest BCUT2D eigenvalue weighted by Crippen LogP contribution is -2.54. The maximum atomic E-state index is 13.7. The zero-order valence-electron chi connectivity index (χ0n) is 18.8. The summed E-state index contributed by atoms with van der Waals surface area (Å²) in [6.07, 6.45) is -1.53. The molecule has 2 aromatic rings. The molecule has 2 aliphatic rings. The van der Waals surface area contributed by atoms with Gasteiger partial charge in [0.05, 0.1) is 12.6 Å². The Morgan fingerprint density at radius 3 is 2.65 bits per heavy atom. The number of hydrogen-bond acceptors (Lipinski definition) is 6. The van der Waals surface area contributed by atoms with Gasteiger partial charge in [-0.1, -0.05) is 29.3 Å². The molecule has 0 amide bonds. The second-order valence-corrected chi connectivity index (χ2v) is 9.90. The first-order valence-electron chi connectivity index (χ1n) is 11.4. The third-order valence-corrected chi connectivity index (χ3v) is 7.24. The number of anilines is 2. The molecule has 6 nitrogen and oxygen atoms in total. The van der Waals surface area contributed by atoms with E-state index in [2.05, 4.69) is 20.2 Å². The number of nitrogens with zero attached hydrogens (tertiary/aromatic N) is 4. The number of piperidine rings is 1. The first-order chi connectivity index (χ1) is 16.2. The van der Waals surface area contributed by atoms with Crippen LogP contribution in [0.3, 0.4) is 0 Å². The van der Waals surface area contributed by atoms with Crippen LogP contribution in [0.1, 0.15) is 36.9 Å². The van der Waals surface area contributed by atoms with Crippen LogP contribution < -0.4 is 10.2 Å². The van der Waals surface area contributed by atoms with Gasteiger partial charge in [0.25, 0.3) is 0 Å². The van der Waals surface area contributed by atoms with Gasteiger partial charge in [0.1, 0.15) is 11.4 Å². The topological polar surface area (TPSA) is 64.5 Å². The minimum absolute atomic E-state index is 0.151. The van der Waals surface area contributed by atoms with Crippen LogP contribution in [0.4, 0.5) is 24.9 Å². The summed E-state index contributed by atoms with van der Waals surface area (Å²) < 4.78 is 41.0. The molecule has 3 heterocycles. The number of β-amino-alcohol motifs (C(OH)–C–C–N with tert-alkyl or cyclic N) is 1. The number of alkyl halides is 3. The van der Waals surface area contributed by atoms with Gasteiger partial charge in [-0.2, -0.15) is 18.2 Å². The van der Waals surface area contributed by atoms with E-state index in [4.69, 9.17) is 23.2 Å². The normalized spacial score (nSPS) is 20.8. The number of halogens is 5. The standard InChI is InChI=1S/C23H28Cl2F3N5O/c1-14(18-5-4-17(24)9-20(18)25)30-21-19(23(26,27)28)10-29-22(31-21)33-12-16(13-33)15-3-2-6-32(11-15)7-8-34/h4-5,9-10,14-16,34H,2-3,6-8,11-13H2,1H3,(H,29,30,31)/t14-,15+/m1/s1. The monoisotopic (exact) mass is 517 g/mol. The van der Waals surface area contributed by atoms with Gasteiger partial charge in [-0.25, -0.2) is 4.98 Å². The molecule has 34 heavy (non-hydrogen) atoms. The molecule has 0 aliphatic carbocycles. The molecule has 2 atom stereocenters. The molecule has 1 aromatic carbocycles. The summed E-state index contributed by atoms with van der Waals surface area (Å²) in [5.74, 6) is 0.960. The Bertz CT molecular complexity index is 1000. The van der Waals surface area contributed by atoms with Gasteiger partial charge in [-0.15, -0.1) is 0 Å². The van der Waals surface area contributed by atoms with Crippen molar-refractivity contribution in [2.24, 2.45) is 11.8 Å². The predicted molar refractivity (Wildman–Crippen MR) is 127 cm³/mol. The molecular formula is C23H28Cl2F3N5O. The lowest BCUT2D eigenvalue weighted by Gasteiger charge is -2.46. The summed E-state index contributed by atoms with van der Waals surface area (Å²) in [7, 11) is 0. The zero-order valence-corrected chi connectivity index (χ0v) is 20.3. The Labute approximate surface area is 207 Å². The molecule has 4 rings (SSSR count). The van der Waals surface area contributed by atoms with Crippen LogP contribution in [0.5, 0.6) is 0 Å². The molecule has 0 saturated carbocycles. The number of benzene rings is 1. The number of rotatable bonds is 7. The molecule has 0 radical (unpaired) electrons. The lowest BCUT2D eigenvalue weighted by atomic mass is 9.81. The SMILES string of the molecule is C[C@@H](Nc1nc(N2CC([C@H]3CCCN(CCO)C3)C2)ncc1C(F)(F)F)c1ccc(Cl)cc1Cl. The number of aromatic nitrogens is 2. The van der Waals surface area contributed by atoms with E-state index in [1.807, 2.05) is 4.90 Å². The summed E-state index contributed by atoms with van der Waals surface area (Å²) in [5, 5.41) is 12.9. The van der Waals surface area contributed by atoms with Crippen LogP contribution in [0.25, 0.3) is 0 Å². The maximum Gasteiger partial charge on any atom is 0.421 e. The molecule has 0 bridgehead atoms. The van der Waals surface area contributed by atoms with Gasteiger partial charge in [0.2, 0.25) is 5.95 Å². The Kier molecular flexibility index (Phi) is 7.76. The second-order valence-electron chi connectivity index (χ2n) is 9.05. The smallest absolute Gasteiger partial charge is 0.395 e. The Hall–Kier alpha value is -1.81. The van der Waals surface area contributed by atoms with E-state index in [1.54, 1.807) is 25.1 Å². The van der Waals surface area contributed by atoms with Gasteiger partial charge < -0.3 is 20.2 Å². The van der Waals surface area contributed by atoms with Crippen LogP contribution in [0, 0.1) is 11.8 Å². The van der Waals surface area contributed by atoms with Crippen molar-refractivity contribution in [3.05, 3.63) is 45.6 Å². The minimum atomic E-state index is -4.60. The third-order valence-electron chi connectivity index (χ3n) is 6.68. The maximum absolute atomic E-state index is 13.7. The highest BCUT2D eigenvalue weighted by Crippen LogP contribution is 2.38. The molecule has 1 aromatic heterocycles. The van der Waals surface area contributed by atoms with E-state index in [0.717, 1.165) is 32.1 Å². The summed E-state index contributed by atoms with van der Waals surface area (Å²) in [5.41, 5.74) is -0.301. The lowest BCUT2D eigenvalue weighted by molar-refractivity contribution is -0.137. The molecule has 2 saturated heterocycles. The van der Waals surface area contributed by atoms with Gasteiger partial charge in [0, 0.05) is 42.4 Å². The highest BCUT2D eigenvalue weighted by molar-refractivity contribution is 6.35. The van der Waals surface area contributed by atoms with E-state index in [9.17, 15) is 18.3 Å². The van der Waals surface area contributed by atoms with Gasteiger partial charge in [-0.3, -0.25) is 0 Å². The van der Waals surface area contributed by atoms with Crippen molar-refractivity contribution in [1.82, 2.24) is 14.9 Å². The average molecular weight is 518 g/mol. The predicted octanol–water partition coefficient (Wildman–Crippen LogP) is 5.12. The number of likely N-dealkylation sites (tertiary alicyclic amines) is 1. The molecule has 2 fully saturated rings. The molecule has 0 unspecified atom stereocenters. The molecule has 2 aliphatic heterocycles. The summed E-state index contributed by atoms with van der Waals surface area (Å²) in [4.78, 5) is 12.5. The van der Waals surface area contributed by atoms with E-state index >= 15 is 0 Å². The van der Waals surface area contributed by atoms with Crippen LogP contribution in [0.2, 0.25) is 10.0 Å². The molecule has 0 spiro atoms. The second kappa shape index (κ2) is 10.4. The van der Waals surface area contributed by atoms with Gasteiger partial charge >= 0.3 is 6.18 Å². The van der Waals surface area contributed by atoms with Crippen molar-refractivity contribution in [1.29, 1.82) is 0 Å². The van der Waals surface area contributed by atoms with Crippen molar-refractivity contribution in [3.63, 3.8) is 0 Å². The fourth-order valence-corrected chi connectivity index (χ4v) is 5.34. The van der Waals surface area contributed by atoms with Crippen molar-refractivity contribution in [2.45, 2.75) is 32.0 Å². The number of hydrogen-bond donors (Lipinski definition) is 2. The van der Waals surface area contributed by atoms with Crippen LogP contribution in [-0.4, -0.2) is 59.3 Å². The van der Waals surface area contributed by atoms with Crippen LogP contribution in [0.15, 0.2) is 24.4 Å². The first-order valence-corrected chi connectivity index (χ1v) is 12.1. The Balaban J connectivity index is 1.48. The van der Waals surface area contributed by atoms with Gasteiger partial charge in [-0.05, 0) is 55.8 Å². The summed E-state index contributed by atoms with van der Waals surface area (Å²) >= 11 is 12.2. The quantitative estimate of drug-likeness (QED) is 0.531. The fraction of sp³-hybridized carbons (Fsp3) is 0.565. The number of nitrogens with one attached hydrogen (secondary N) is 1. The highest BCUT2D eigenvalue weighted by Gasteiger charge is 2.39. The van der Waals surface area contributed by atoms with E-state index in [-0.39, 0.29) is 18.4 Å².